The number of benzene rings is 2. The summed E-state index contributed by atoms with van der Waals surface area (Å²) in [6.45, 7) is 4.19. The van der Waals surface area contributed by atoms with Crippen LogP contribution in [0.15, 0.2) is 51.8 Å². The van der Waals surface area contributed by atoms with Crippen molar-refractivity contribution in [3.05, 3.63) is 63.6 Å². The number of aryl methyl sites for hydroxylation is 2. The molecule has 0 spiro atoms. The Morgan fingerprint density at radius 3 is 2.65 bits per heavy atom. The van der Waals surface area contributed by atoms with Crippen LogP contribution in [0, 0.1) is 13.8 Å². The minimum Gasteiger partial charge on any atom is -0.392 e. The highest BCUT2D eigenvalue weighted by Crippen LogP contribution is 2.28. The summed E-state index contributed by atoms with van der Waals surface area (Å²) in [5.74, 6) is 0.704. The van der Waals surface area contributed by atoms with Gasteiger partial charge in [0.15, 0.2) is 0 Å². The number of aliphatic hydroxyl groups excluding tert-OH is 1. The minimum atomic E-state index is -0.326. The molecule has 1 nitrogen and oxygen atoms in total. The van der Waals surface area contributed by atoms with Crippen molar-refractivity contribution in [2.45, 2.75) is 31.3 Å². The van der Waals surface area contributed by atoms with Crippen LogP contribution in [-0.4, -0.2) is 17.0 Å². The van der Waals surface area contributed by atoms with E-state index in [2.05, 4.69) is 54.0 Å². The van der Waals surface area contributed by atoms with Gasteiger partial charge in [0.2, 0.25) is 0 Å². The maximum absolute atomic E-state index is 10.2. The number of hydrogen-bond donors (Lipinski definition) is 1. The largest absolute Gasteiger partial charge is 0.392 e. The second kappa shape index (κ2) is 7.30. The van der Waals surface area contributed by atoms with E-state index >= 15 is 0 Å². The lowest BCUT2D eigenvalue weighted by Crippen LogP contribution is -2.14. The molecule has 1 atom stereocenters. The van der Waals surface area contributed by atoms with Crippen LogP contribution in [0.1, 0.15) is 16.7 Å². The predicted molar refractivity (Wildman–Crippen MR) is 90.5 cm³/mol. The van der Waals surface area contributed by atoms with Crippen LogP contribution in [0.4, 0.5) is 0 Å². The molecule has 2 aromatic carbocycles. The lowest BCUT2D eigenvalue weighted by molar-refractivity contribution is 0.200. The normalized spacial score (nSPS) is 12.4. The zero-order chi connectivity index (χ0) is 14.5. The van der Waals surface area contributed by atoms with Gasteiger partial charge in [-0.05, 0) is 59.5 Å². The average Bonchev–Trinajstić information content (AvgIpc) is 2.42. The molecule has 2 rings (SSSR count). The molecule has 1 unspecified atom stereocenters. The molecule has 2 aromatic rings. The Balaban J connectivity index is 1.94. The summed E-state index contributed by atoms with van der Waals surface area (Å²) in [5, 5.41) is 10.2. The van der Waals surface area contributed by atoms with Crippen molar-refractivity contribution < 1.29 is 5.11 Å². The number of aliphatic hydroxyl groups is 1. The molecular formula is C17H19BrOS. The van der Waals surface area contributed by atoms with Gasteiger partial charge in [0.25, 0.3) is 0 Å². The number of rotatable bonds is 5. The zero-order valence-electron chi connectivity index (χ0n) is 11.8. The first kappa shape index (κ1) is 15.6. The number of hydrogen-bond acceptors (Lipinski definition) is 2. The van der Waals surface area contributed by atoms with Crippen LogP contribution in [0.25, 0.3) is 0 Å². The fourth-order valence-corrected chi connectivity index (χ4v) is 3.58. The third kappa shape index (κ3) is 4.37. The number of halogens is 1. The average molecular weight is 351 g/mol. The maximum Gasteiger partial charge on any atom is 0.0674 e. The standard InChI is InChI=1S/C17H19BrOS/c1-12-7-8-13(2)14(9-12)10-15(19)11-20-17-6-4-3-5-16(17)18/h3-9,15,19H,10-11H2,1-2H3. The lowest BCUT2D eigenvalue weighted by Gasteiger charge is -2.13. The molecular weight excluding hydrogens is 332 g/mol. The first-order valence-electron chi connectivity index (χ1n) is 6.68. The third-order valence-corrected chi connectivity index (χ3v) is 5.40. The van der Waals surface area contributed by atoms with Gasteiger partial charge < -0.3 is 5.11 Å². The van der Waals surface area contributed by atoms with Crippen LogP contribution in [0.5, 0.6) is 0 Å². The summed E-state index contributed by atoms with van der Waals surface area (Å²) >= 11 is 5.22. The highest BCUT2D eigenvalue weighted by atomic mass is 79.9. The molecule has 0 aliphatic heterocycles. The second-order valence-electron chi connectivity index (χ2n) is 5.03. The van der Waals surface area contributed by atoms with Gasteiger partial charge in [-0.3, -0.25) is 0 Å². The van der Waals surface area contributed by atoms with E-state index in [4.69, 9.17) is 0 Å². The maximum atomic E-state index is 10.2. The summed E-state index contributed by atoms with van der Waals surface area (Å²) in [4.78, 5) is 1.17. The van der Waals surface area contributed by atoms with Crippen LogP contribution >= 0.6 is 27.7 Å². The molecule has 3 heteroatoms. The summed E-state index contributed by atoms with van der Waals surface area (Å²) in [6.07, 6.45) is 0.387. The molecule has 0 heterocycles. The molecule has 0 amide bonds. The molecule has 0 aliphatic rings. The van der Waals surface area contributed by atoms with Crippen LogP contribution < -0.4 is 0 Å². The molecule has 1 N–H and O–H groups in total. The predicted octanol–water partition coefficient (Wildman–Crippen LogP) is 4.76. The highest BCUT2D eigenvalue weighted by molar-refractivity contribution is 9.10. The van der Waals surface area contributed by atoms with Gasteiger partial charge >= 0.3 is 0 Å². The van der Waals surface area contributed by atoms with Crippen molar-refractivity contribution in [3.63, 3.8) is 0 Å². The van der Waals surface area contributed by atoms with Gasteiger partial charge in [0, 0.05) is 15.1 Å². The Hall–Kier alpha value is -0.770. The van der Waals surface area contributed by atoms with Gasteiger partial charge in [-0.25, -0.2) is 0 Å². The summed E-state index contributed by atoms with van der Waals surface area (Å²) < 4.78 is 1.09. The van der Waals surface area contributed by atoms with Crippen LogP contribution in [0.3, 0.4) is 0 Å². The Labute approximate surface area is 133 Å². The quantitative estimate of drug-likeness (QED) is 0.784. The molecule has 0 aliphatic carbocycles. The third-order valence-electron chi connectivity index (χ3n) is 3.23. The van der Waals surface area contributed by atoms with E-state index in [-0.39, 0.29) is 6.10 Å². The van der Waals surface area contributed by atoms with Crippen molar-refractivity contribution in [1.82, 2.24) is 0 Å². The Kier molecular flexibility index (Phi) is 5.70. The smallest absolute Gasteiger partial charge is 0.0674 e. The van der Waals surface area contributed by atoms with Gasteiger partial charge in [-0.2, -0.15) is 0 Å². The van der Waals surface area contributed by atoms with E-state index in [9.17, 15) is 5.11 Å². The minimum absolute atomic E-state index is 0.326. The zero-order valence-corrected chi connectivity index (χ0v) is 14.2. The van der Waals surface area contributed by atoms with E-state index < -0.39 is 0 Å². The van der Waals surface area contributed by atoms with Crippen molar-refractivity contribution in [3.8, 4) is 0 Å². The van der Waals surface area contributed by atoms with Gasteiger partial charge in [-0.15, -0.1) is 11.8 Å². The molecule has 20 heavy (non-hydrogen) atoms. The molecule has 0 saturated heterocycles. The Bertz CT molecular complexity index is 583. The summed E-state index contributed by atoms with van der Waals surface area (Å²) in [6, 6.07) is 14.5. The fraction of sp³-hybridized carbons (Fsp3) is 0.294. The molecule has 0 bridgehead atoms. The summed E-state index contributed by atoms with van der Waals surface area (Å²) in [5.41, 5.74) is 3.74. The Morgan fingerprint density at radius 1 is 1.15 bits per heavy atom. The first-order chi connectivity index (χ1) is 9.56. The van der Waals surface area contributed by atoms with Gasteiger partial charge in [0.1, 0.15) is 0 Å². The van der Waals surface area contributed by atoms with E-state index in [0.717, 1.165) is 4.47 Å². The van der Waals surface area contributed by atoms with Crippen molar-refractivity contribution >= 4 is 27.7 Å². The van der Waals surface area contributed by atoms with Crippen molar-refractivity contribution in [2.75, 3.05) is 5.75 Å². The van der Waals surface area contributed by atoms with E-state index in [1.165, 1.54) is 21.6 Å². The topological polar surface area (TPSA) is 20.2 Å². The first-order valence-corrected chi connectivity index (χ1v) is 8.45. The van der Waals surface area contributed by atoms with Gasteiger partial charge in [-0.1, -0.05) is 35.9 Å². The second-order valence-corrected chi connectivity index (χ2v) is 6.95. The fourth-order valence-electron chi connectivity index (χ4n) is 2.08. The SMILES string of the molecule is Cc1ccc(C)c(CC(O)CSc2ccccc2Br)c1. The molecule has 0 fully saturated rings. The van der Waals surface area contributed by atoms with E-state index in [0.29, 0.717) is 12.2 Å². The Morgan fingerprint density at radius 2 is 1.90 bits per heavy atom. The monoisotopic (exact) mass is 350 g/mol. The van der Waals surface area contributed by atoms with Crippen molar-refractivity contribution in [2.24, 2.45) is 0 Å². The number of thioether (sulfide) groups is 1. The van der Waals surface area contributed by atoms with Crippen molar-refractivity contribution in [1.29, 1.82) is 0 Å². The van der Waals surface area contributed by atoms with Gasteiger partial charge in [0.05, 0.1) is 6.10 Å². The summed E-state index contributed by atoms with van der Waals surface area (Å²) in [7, 11) is 0. The molecule has 0 aromatic heterocycles. The van der Waals surface area contributed by atoms with E-state index in [1.807, 2.05) is 18.2 Å². The lowest BCUT2D eigenvalue weighted by atomic mass is 10.0. The molecule has 0 saturated carbocycles. The van der Waals surface area contributed by atoms with E-state index in [1.54, 1.807) is 11.8 Å². The van der Waals surface area contributed by atoms with Crippen LogP contribution in [0.2, 0.25) is 0 Å². The molecule has 0 radical (unpaired) electrons. The van der Waals surface area contributed by atoms with Crippen LogP contribution in [-0.2, 0) is 6.42 Å². The highest BCUT2D eigenvalue weighted by Gasteiger charge is 2.09. The molecule has 106 valence electrons.